The summed E-state index contributed by atoms with van der Waals surface area (Å²) < 4.78 is 1.72. The van der Waals surface area contributed by atoms with Crippen LogP contribution in [0, 0.1) is 5.92 Å². The van der Waals surface area contributed by atoms with E-state index in [0.29, 0.717) is 34.6 Å². The molecule has 0 unspecified atom stereocenters. The summed E-state index contributed by atoms with van der Waals surface area (Å²) in [7, 11) is 1.76. The zero-order valence-corrected chi connectivity index (χ0v) is 19.2. The van der Waals surface area contributed by atoms with E-state index in [9.17, 15) is 19.5 Å². The molecule has 34 heavy (non-hydrogen) atoms. The maximum Gasteiger partial charge on any atom is 0.257 e. The van der Waals surface area contributed by atoms with Crippen LogP contribution in [0.15, 0.2) is 42.5 Å². The maximum atomic E-state index is 12.8. The zero-order chi connectivity index (χ0) is 24.2. The van der Waals surface area contributed by atoms with E-state index in [1.807, 2.05) is 12.1 Å². The SMILES string of the molecule is CN(C(=O)CC1CCCC1)c1ccc2c(c1)nc(NC(=O)c1ccc(O)cc1)n2CCC(N)=O. The Morgan fingerprint density at radius 2 is 1.85 bits per heavy atom. The number of hydrogen-bond donors (Lipinski definition) is 3. The molecule has 3 aromatic rings. The van der Waals surface area contributed by atoms with Crippen molar-refractivity contribution in [2.75, 3.05) is 17.3 Å². The van der Waals surface area contributed by atoms with Gasteiger partial charge in [-0.1, -0.05) is 12.8 Å². The lowest BCUT2D eigenvalue weighted by Gasteiger charge is -2.19. The molecule has 2 aromatic carbocycles. The van der Waals surface area contributed by atoms with Crippen molar-refractivity contribution in [3.63, 3.8) is 0 Å². The number of imidazole rings is 1. The number of primary amides is 1. The first kappa shape index (κ1) is 23.3. The number of phenolic OH excluding ortho intramolecular Hbond substituents is 1. The number of nitrogens with two attached hydrogens (primary N) is 1. The van der Waals surface area contributed by atoms with Crippen LogP contribution >= 0.6 is 0 Å². The minimum Gasteiger partial charge on any atom is -0.508 e. The number of benzene rings is 2. The number of anilines is 2. The van der Waals surface area contributed by atoms with Gasteiger partial charge in [0.2, 0.25) is 17.8 Å². The second-order valence-corrected chi connectivity index (χ2v) is 8.78. The number of nitrogens with one attached hydrogen (secondary N) is 1. The van der Waals surface area contributed by atoms with Crippen molar-refractivity contribution >= 4 is 40.4 Å². The van der Waals surface area contributed by atoms with E-state index in [-0.39, 0.29) is 30.6 Å². The number of carbonyl (C=O) groups excluding carboxylic acids is 3. The minimum absolute atomic E-state index is 0.0596. The van der Waals surface area contributed by atoms with Crippen molar-refractivity contribution in [2.45, 2.75) is 45.1 Å². The summed E-state index contributed by atoms with van der Waals surface area (Å²) >= 11 is 0. The summed E-state index contributed by atoms with van der Waals surface area (Å²) in [6.07, 6.45) is 5.20. The van der Waals surface area contributed by atoms with E-state index in [4.69, 9.17) is 5.73 Å². The highest BCUT2D eigenvalue weighted by Gasteiger charge is 2.22. The fraction of sp³-hybridized carbons (Fsp3) is 0.360. The molecule has 178 valence electrons. The molecular weight excluding hydrogens is 434 g/mol. The van der Waals surface area contributed by atoms with E-state index in [0.717, 1.165) is 12.8 Å². The molecule has 1 aliphatic carbocycles. The van der Waals surface area contributed by atoms with Gasteiger partial charge < -0.3 is 20.3 Å². The van der Waals surface area contributed by atoms with Crippen LogP contribution in [0.4, 0.5) is 11.6 Å². The topological polar surface area (TPSA) is 131 Å². The molecule has 3 amide bonds. The van der Waals surface area contributed by atoms with Crippen molar-refractivity contribution < 1.29 is 19.5 Å². The second-order valence-electron chi connectivity index (χ2n) is 8.78. The van der Waals surface area contributed by atoms with Crippen LogP contribution in [0.2, 0.25) is 0 Å². The number of aryl methyl sites for hydroxylation is 1. The van der Waals surface area contributed by atoms with Gasteiger partial charge >= 0.3 is 0 Å². The van der Waals surface area contributed by atoms with E-state index >= 15 is 0 Å². The maximum absolute atomic E-state index is 12.8. The molecule has 1 saturated carbocycles. The van der Waals surface area contributed by atoms with Gasteiger partial charge in [0.25, 0.3) is 5.91 Å². The summed E-state index contributed by atoms with van der Waals surface area (Å²) in [5.41, 5.74) is 7.71. The van der Waals surface area contributed by atoms with Gasteiger partial charge in [-0.3, -0.25) is 19.7 Å². The van der Waals surface area contributed by atoms with Gasteiger partial charge in [0.05, 0.1) is 11.0 Å². The summed E-state index contributed by atoms with van der Waals surface area (Å²) in [6.45, 7) is 0.243. The highest BCUT2D eigenvalue weighted by Crippen LogP contribution is 2.30. The van der Waals surface area contributed by atoms with Crippen LogP contribution in [-0.2, 0) is 16.1 Å². The molecule has 0 atom stereocenters. The Morgan fingerprint density at radius 1 is 1.15 bits per heavy atom. The van der Waals surface area contributed by atoms with Crippen molar-refractivity contribution in [1.29, 1.82) is 0 Å². The highest BCUT2D eigenvalue weighted by molar-refractivity contribution is 6.04. The lowest BCUT2D eigenvalue weighted by Crippen LogP contribution is -2.27. The van der Waals surface area contributed by atoms with Crippen LogP contribution in [0.5, 0.6) is 5.75 Å². The standard InChI is InChI=1S/C25H29N5O4/c1-29(23(33)14-16-4-2-3-5-16)18-8-11-21-20(15-18)27-25(30(21)13-12-22(26)32)28-24(34)17-6-9-19(31)10-7-17/h6-11,15-16,31H,2-5,12-14H2,1H3,(H2,26,32)(H,27,28,34). The highest BCUT2D eigenvalue weighted by atomic mass is 16.3. The third kappa shape index (κ3) is 5.19. The first-order valence-corrected chi connectivity index (χ1v) is 11.5. The smallest absolute Gasteiger partial charge is 0.257 e. The first-order valence-electron chi connectivity index (χ1n) is 11.5. The number of rotatable bonds is 8. The molecule has 4 rings (SSSR count). The normalized spacial score (nSPS) is 13.8. The average Bonchev–Trinajstić information content (AvgIpc) is 3.44. The predicted molar refractivity (Wildman–Crippen MR) is 130 cm³/mol. The van der Waals surface area contributed by atoms with Crippen molar-refractivity contribution in [3.8, 4) is 5.75 Å². The van der Waals surface area contributed by atoms with E-state index in [2.05, 4.69) is 10.3 Å². The number of carbonyl (C=O) groups is 3. The Kier molecular flexibility index (Phi) is 6.81. The summed E-state index contributed by atoms with van der Waals surface area (Å²) in [6, 6.07) is 11.3. The number of aromatic hydroxyl groups is 1. The molecule has 0 aliphatic heterocycles. The van der Waals surface area contributed by atoms with Crippen LogP contribution in [0.3, 0.4) is 0 Å². The van der Waals surface area contributed by atoms with Crippen LogP contribution in [0.1, 0.15) is 48.9 Å². The third-order valence-electron chi connectivity index (χ3n) is 6.37. The fourth-order valence-electron chi connectivity index (χ4n) is 4.40. The number of aromatic nitrogens is 2. The van der Waals surface area contributed by atoms with Crippen LogP contribution in [-0.4, -0.2) is 39.4 Å². The molecule has 0 spiro atoms. The summed E-state index contributed by atoms with van der Waals surface area (Å²) in [4.78, 5) is 43.1. The third-order valence-corrected chi connectivity index (χ3v) is 6.37. The Bertz CT molecular complexity index is 1210. The predicted octanol–water partition coefficient (Wildman–Crippen LogP) is 3.41. The van der Waals surface area contributed by atoms with Gasteiger partial charge in [-0.25, -0.2) is 4.98 Å². The number of fused-ring (bicyclic) bond motifs is 1. The molecule has 0 bridgehead atoms. The Hall–Kier alpha value is -3.88. The van der Waals surface area contributed by atoms with Crippen molar-refractivity contribution in [1.82, 2.24) is 9.55 Å². The first-order chi connectivity index (χ1) is 16.3. The van der Waals surface area contributed by atoms with Gasteiger partial charge in [-0.2, -0.15) is 0 Å². The Labute approximate surface area is 197 Å². The molecule has 0 radical (unpaired) electrons. The van der Waals surface area contributed by atoms with Gasteiger partial charge in [0, 0.05) is 37.7 Å². The minimum atomic E-state index is -0.466. The van der Waals surface area contributed by atoms with Crippen LogP contribution < -0.4 is 16.0 Å². The van der Waals surface area contributed by atoms with E-state index in [1.54, 1.807) is 22.6 Å². The molecule has 1 aromatic heterocycles. The summed E-state index contributed by atoms with van der Waals surface area (Å²) in [5, 5.41) is 12.2. The Morgan fingerprint density at radius 3 is 2.53 bits per heavy atom. The number of phenols is 1. The zero-order valence-electron chi connectivity index (χ0n) is 19.2. The van der Waals surface area contributed by atoms with Gasteiger partial charge in [-0.15, -0.1) is 0 Å². The van der Waals surface area contributed by atoms with Gasteiger partial charge in [-0.05, 0) is 61.2 Å². The lowest BCUT2D eigenvalue weighted by molar-refractivity contribution is -0.119. The average molecular weight is 464 g/mol. The van der Waals surface area contributed by atoms with Gasteiger partial charge in [0.15, 0.2) is 0 Å². The fourth-order valence-corrected chi connectivity index (χ4v) is 4.40. The summed E-state index contributed by atoms with van der Waals surface area (Å²) in [5.74, 6) is -0.0179. The second kappa shape index (κ2) is 9.94. The Balaban J connectivity index is 1.60. The molecule has 1 fully saturated rings. The van der Waals surface area contributed by atoms with E-state index < -0.39 is 11.8 Å². The number of amides is 3. The van der Waals surface area contributed by atoms with Gasteiger partial charge in [0.1, 0.15) is 5.75 Å². The molecule has 9 nitrogen and oxygen atoms in total. The molecule has 1 aliphatic rings. The molecule has 1 heterocycles. The largest absolute Gasteiger partial charge is 0.508 e. The quantitative estimate of drug-likeness (QED) is 0.471. The molecule has 0 saturated heterocycles. The van der Waals surface area contributed by atoms with Crippen LogP contribution in [0.25, 0.3) is 11.0 Å². The lowest BCUT2D eigenvalue weighted by atomic mass is 10.0. The van der Waals surface area contributed by atoms with Crippen molar-refractivity contribution in [3.05, 3.63) is 48.0 Å². The monoisotopic (exact) mass is 463 g/mol. The van der Waals surface area contributed by atoms with E-state index in [1.165, 1.54) is 37.1 Å². The molecule has 9 heteroatoms. The number of nitrogens with zero attached hydrogens (tertiary/aromatic N) is 3. The molecule has 4 N–H and O–H groups in total. The number of hydrogen-bond acceptors (Lipinski definition) is 5. The molecular formula is C25H29N5O4. The van der Waals surface area contributed by atoms with Crippen molar-refractivity contribution in [2.24, 2.45) is 11.7 Å².